The second-order valence-electron chi connectivity index (χ2n) is 8.17. The van der Waals surface area contributed by atoms with Crippen LogP contribution in [0.25, 0.3) is 11.4 Å². The SMILES string of the molecule is CCOCC1(N)CCN(c2cccnc2NC(=O)c2nc(-c3ncccc3O)cnc2N)CC1. The fourth-order valence-corrected chi connectivity index (χ4v) is 3.83. The molecule has 0 atom stereocenters. The second kappa shape index (κ2) is 9.98. The predicted octanol–water partition coefficient (Wildman–Crippen LogP) is 1.81. The van der Waals surface area contributed by atoms with Crippen LogP contribution in [0, 0.1) is 0 Å². The minimum atomic E-state index is -0.566. The highest BCUT2D eigenvalue weighted by atomic mass is 16.5. The van der Waals surface area contributed by atoms with E-state index in [4.69, 9.17) is 16.2 Å². The molecule has 0 saturated carbocycles. The number of piperidine rings is 1. The summed E-state index contributed by atoms with van der Waals surface area (Å²) in [6.07, 6.45) is 5.97. The zero-order valence-electron chi connectivity index (χ0n) is 18.9. The predicted molar refractivity (Wildman–Crippen MR) is 128 cm³/mol. The van der Waals surface area contributed by atoms with Crippen LogP contribution in [0.4, 0.5) is 17.3 Å². The molecule has 0 aromatic carbocycles. The van der Waals surface area contributed by atoms with Crippen LogP contribution < -0.4 is 21.7 Å². The summed E-state index contributed by atoms with van der Waals surface area (Å²) in [7, 11) is 0. The lowest BCUT2D eigenvalue weighted by Crippen LogP contribution is -2.53. The Morgan fingerprint density at radius 1 is 1.21 bits per heavy atom. The number of aromatic hydroxyl groups is 1. The van der Waals surface area contributed by atoms with Crippen molar-refractivity contribution in [3.8, 4) is 17.1 Å². The molecule has 0 bridgehead atoms. The first-order valence-electron chi connectivity index (χ1n) is 11.0. The molecule has 1 amide bonds. The Balaban J connectivity index is 1.53. The number of pyridine rings is 2. The quantitative estimate of drug-likeness (QED) is 0.405. The smallest absolute Gasteiger partial charge is 0.279 e. The summed E-state index contributed by atoms with van der Waals surface area (Å²) in [6.45, 7) is 4.51. The standard InChI is InChI=1S/C23H28N8O3/c1-2-34-14-23(25)7-11-31(12-8-23)16-5-3-10-27-21(16)30-22(33)19-20(24)28-13-15(29-19)18-17(32)6-4-9-26-18/h3-6,9-10,13,32H,2,7-8,11-12,14,25H2,1H3,(H2,24,28)(H,27,30,33). The van der Waals surface area contributed by atoms with Crippen LogP contribution in [0.2, 0.25) is 0 Å². The Morgan fingerprint density at radius 3 is 2.68 bits per heavy atom. The number of nitrogens with two attached hydrogens (primary N) is 2. The lowest BCUT2D eigenvalue weighted by atomic mass is 9.89. The number of rotatable bonds is 7. The molecule has 3 aromatic heterocycles. The highest BCUT2D eigenvalue weighted by molar-refractivity contribution is 6.06. The average molecular weight is 465 g/mol. The van der Waals surface area contributed by atoms with Crippen molar-refractivity contribution in [3.05, 3.63) is 48.5 Å². The molecule has 11 heteroatoms. The molecule has 0 spiro atoms. The van der Waals surface area contributed by atoms with E-state index < -0.39 is 5.91 Å². The maximum Gasteiger partial charge on any atom is 0.279 e. The van der Waals surface area contributed by atoms with Gasteiger partial charge in [0, 0.05) is 37.6 Å². The molecule has 1 fully saturated rings. The molecular formula is C23H28N8O3. The first-order valence-corrected chi connectivity index (χ1v) is 11.0. The van der Waals surface area contributed by atoms with Crippen LogP contribution in [0.1, 0.15) is 30.3 Å². The van der Waals surface area contributed by atoms with Gasteiger partial charge in [0.25, 0.3) is 5.91 Å². The lowest BCUT2D eigenvalue weighted by molar-refractivity contribution is 0.0827. The number of carbonyl (C=O) groups excluding carboxylic acids is 1. The first kappa shape index (κ1) is 23.3. The third-order valence-corrected chi connectivity index (χ3v) is 5.76. The maximum absolute atomic E-state index is 13.1. The van der Waals surface area contributed by atoms with Gasteiger partial charge in [-0.2, -0.15) is 0 Å². The highest BCUT2D eigenvalue weighted by Crippen LogP contribution is 2.30. The van der Waals surface area contributed by atoms with Crippen molar-refractivity contribution in [2.75, 3.05) is 42.3 Å². The Kier molecular flexibility index (Phi) is 6.85. The number of hydrogen-bond acceptors (Lipinski definition) is 10. The summed E-state index contributed by atoms with van der Waals surface area (Å²) in [4.78, 5) is 32.0. The number of hydrogen-bond donors (Lipinski definition) is 4. The number of amides is 1. The molecular weight excluding hydrogens is 436 g/mol. The van der Waals surface area contributed by atoms with Gasteiger partial charge in [-0.05, 0) is 44.0 Å². The van der Waals surface area contributed by atoms with Crippen molar-refractivity contribution in [1.29, 1.82) is 0 Å². The molecule has 1 aliphatic heterocycles. The van der Waals surface area contributed by atoms with Crippen molar-refractivity contribution in [2.24, 2.45) is 5.73 Å². The van der Waals surface area contributed by atoms with Crippen LogP contribution in [-0.4, -0.2) is 62.8 Å². The van der Waals surface area contributed by atoms with Gasteiger partial charge in [-0.3, -0.25) is 9.78 Å². The van der Waals surface area contributed by atoms with E-state index in [1.54, 1.807) is 12.3 Å². The normalized spacial score (nSPS) is 15.2. The molecule has 4 heterocycles. The topological polar surface area (TPSA) is 165 Å². The molecule has 6 N–H and O–H groups in total. The van der Waals surface area contributed by atoms with E-state index in [0.717, 1.165) is 18.5 Å². The summed E-state index contributed by atoms with van der Waals surface area (Å²) in [5.41, 5.74) is 13.2. The molecule has 0 radical (unpaired) electrons. The molecule has 178 valence electrons. The van der Waals surface area contributed by atoms with E-state index in [1.807, 2.05) is 19.1 Å². The van der Waals surface area contributed by atoms with Crippen LogP contribution in [0.3, 0.4) is 0 Å². The Morgan fingerprint density at radius 2 is 1.94 bits per heavy atom. The summed E-state index contributed by atoms with van der Waals surface area (Å²) in [5, 5.41) is 12.9. The van der Waals surface area contributed by atoms with Gasteiger partial charge in [-0.15, -0.1) is 0 Å². The second-order valence-corrected chi connectivity index (χ2v) is 8.17. The lowest BCUT2D eigenvalue weighted by Gasteiger charge is -2.40. The molecule has 3 aromatic rings. The van der Waals surface area contributed by atoms with Crippen LogP contribution in [0.15, 0.2) is 42.9 Å². The third kappa shape index (κ3) is 5.05. The summed E-state index contributed by atoms with van der Waals surface area (Å²) in [6, 6.07) is 6.77. The number of carbonyl (C=O) groups is 1. The number of aromatic nitrogens is 4. The molecule has 0 aliphatic carbocycles. The summed E-state index contributed by atoms with van der Waals surface area (Å²) >= 11 is 0. The minimum absolute atomic E-state index is 0.0454. The molecule has 11 nitrogen and oxygen atoms in total. The van der Waals surface area contributed by atoms with Gasteiger partial charge in [0.15, 0.2) is 17.3 Å². The monoisotopic (exact) mass is 464 g/mol. The van der Waals surface area contributed by atoms with Gasteiger partial charge in [-0.1, -0.05) is 0 Å². The van der Waals surface area contributed by atoms with Crippen LogP contribution in [-0.2, 0) is 4.74 Å². The minimum Gasteiger partial charge on any atom is -0.506 e. The van der Waals surface area contributed by atoms with Crippen molar-refractivity contribution in [3.63, 3.8) is 0 Å². The molecule has 34 heavy (non-hydrogen) atoms. The number of ether oxygens (including phenoxy) is 1. The number of nitrogens with one attached hydrogen (secondary N) is 1. The molecule has 1 aliphatic rings. The van der Waals surface area contributed by atoms with Gasteiger partial charge in [0.05, 0.1) is 18.5 Å². The Bertz CT molecular complexity index is 1160. The van der Waals surface area contributed by atoms with Crippen molar-refractivity contribution in [1.82, 2.24) is 19.9 Å². The van der Waals surface area contributed by atoms with Gasteiger partial charge in [0.1, 0.15) is 17.1 Å². The van der Waals surface area contributed by atoms with Gasteiger partial charge < -0.3 is 31.5 Å². The third-order valence-electron chi connectivity index (χ3n) is 5.76. The van der Waals surface area contributed by atoms with Crippen molar-refractivity contribution >= 4 is 23.2 Å². The van der Waals surface area contributed by atoms with E-state index in [2.05, 4.69) is 30.2 Å². The number of anilines is 3. The van der Waals surface area contributed by atoms with Crippen molar-refractivity contribution in [2.45, 2.75) is 25.3 Å². The molecule has 0 unspecified atom stereocenters. The van der Waals surface area contributed by atoms with E-state index >= 15 is 0 Å². The molecule has 1 saturated heterocycles. The van der Waals surface area contributed by atoms with Crippen LogP contribution >= 0.6 is 0 Å². The number of nitrogens with zero attached hydrogens (tertiary/aromatic N) is 5. The zero-order chi connectivity index (χ0) is 24.1. The van der Waals surface area contributed by atoms with Gasteiger partial charge in [-0.25, -0.2) is 15.0 Å². The highest BCUT2D eigenvalue weighted by Gasteiger charge is 2.32. The van der Waals surface area contributed by atoms with E-state index in [-0.39, 0.29) is 34.2 Å². The van der Waals surface area contributed by atoms with Gasteiger partial charge in [0.2, 0.25) is 0 Å². The Hall–Kier alpha value is -3.83. The fraction of sp³-hybridized carbons (Fsp3) is 0.348. The van der Waals surface area contributed by atoms with Crippen molar-refractivity contribution < 1.29 is 14.6 Å². The van der Waals surface area contributed by atoms with Crippen LogP contribution in [0.5, 0.6) is 5.75 Å². The van der Waals surface area contributed by atoms with E-state index in [9.17, 15) is 9.90 Å². The van der Waals surface area contributed by atoms with E-state index in [1.165, 1.54) is 18.5 Å². The zero-order valence-corrected chi connectivity index (χ0v) is 18.9. The Labute approximate surface area is 197 Å². The summed E-state index contributed by atoms with van der Waals surface area (Å²) < 4.78 is 5.54. The molecule has 4 rings (SSSR count). The summed E-state index contributed by atoms with van der Waals surface area (Å²) in [5.74, 6) is -0.306. The van der Waals surface area contributed by atoms with E-state index in [0.29, 0.717) is 32.1 Å². The first-order chi connectivity index (χ1) is 16.4. The maximum atomic E-state index is 13.1. The average Bonchev–Trinajstić information content (AvgIpc) is 2.84. The van der Waals surface area contributed by atoms with Gasteiger partial charge >= 0.3 is 0 Å². The number of nitrogen functional groups attached to an aromatic ring is 1. The fourth-order valence-electron chi connectivity index (χ4n) is 3.83. The largest absolute Gasteiger partial charge is 0.506 e.